The van der Waals surface area contributed by atoms with Gasteiger partial charge >= 0.3 is 0 Å². The number of benzene rings is 2. The minimum Gasteiger partial charge on any atom is -0.454 e. The molecule has 1 nitrogen and oxygen atoms in total. The van der Waals surface area contributed by atoms with Gasteiger partial charge in [0, 0.05) is 15.4 Å². The molecule has 0 spiro atoms. The van der Waals surface area contributed by atoms with Crippen molar-refractivity contribution in [3.8, 4) is 11.5 Å². The van der Waals surface area contributed by atoms with Crippen LogP contribution in [0.3, 0.4) is 0 Å². The topological polar surface area (TPSA) is 9.23 Å². The highest BCUT2D eigenvalue weighted by Gasteiger charge is 2.13. The van der Waals surface area contributed by atoms with E-state index < -0.39 is 11.6 Å². The molecule has 100 valence electrons. The van der Waals surface area contributed by atoms with Crippen LogP contribution >= 0.6 is 31.9 Å². The van der Waals surface area contributed by atoms with E-state index in [0.29, 0.717) is 15.6 Å². The van der Waals surface area contributed by atoms with Gasteiger partial charge in [-0.05, 0) is 25.1 Å². The zero-order chi connectivity index (χ0) is 14.0. The van der Waals surface area contributed by atoms with Crippen LogP contribution in [-0.2, 0) is 5.33 Å². The van der Waals surface area contributed by atoms with Crippen molar-refractivity contribution in [2.75, 3.05) is 0 Å². The molecular formula is C14H10Br2F2O. The van der Waals surface area contributed by atoms with Crippen molar-refractivity contribution < 1.29 is 13.5 Å². The van der Waals surface area contributed by atoms with E-state index in [4.69, 9.17) is 4.74 Å². The number of hydrogen-bond acceptors (Lipinski definition) is 1. The minimum atomic E-state index is -0.996. The van der Waals surface area contributed by atoms with Crippen molar-refractivity contribution in [1.29, 1.82) is 0 Å². The predicted molar refractivity (Wildman–Crippen MR) is 77.9 cm³/mol. The Labute approximate surface area is 126 Å². The summed E-state index contributed by atoms with van der Waals surface area (Å²) in [6.07, 6.45) is 0. The van der Waals surface area contributed by atoms with E-state index in [1.54, 1.807) is 6.07 Å². The lowest BCUT2D eigenvalue weighted by atomic mass is 10.1. The number of rotatable bonds is 3. The largest absolute Gasteiger partial charge is 0.454 e. The first-order valence-electron chi connectivity index (χ1n) is 5.49. The highest BCUT2D eigenvalue weighted by Crippen LogP contribution is 2.32. The van der Waals surface area contributed by atoms with E-state index >= 15 is 0 Å². The van der Waals surface area contributed by atoms with Gasteiger partial charge in [-0.2, -0.15) is 4.39 Å². The first-order valence-corrected chi connectivity index (χ1v) is 7.40. The lowest BCUT2D eigenvalue weighted by Gasteiger charge is -2.11. The summed E-state index contributed by atoms with van der Waals surface area (Å²) in [5.41, 5.74) is 1.95. The minimum absolute atomic E-state index is 0.141. The van der Waals surface area contributed by atoms with Crippen LogP contribution in [0, 0.1) is 18.6 Å². The van der Waals surface area contributed by atoms with E-state index in [1.165, 1.54) is 6.07 Å². The maximum atomic E-state index is 13.6. The number of aryl methyl sites for hydroxylation is 1. The Morgan fingerprint density at radius 1 is 1.11 bits per heavy atom. The fourth-order valence-corrected chi connectivity index (χ4v) is 2.48. The van der Waals surface area contributed by atoms with Gasteiger partial charge in [0.2, 0.25) is 5.82 Å². The summed E-state index contributed by atoms with van der Waals surface area (Å²) < 4.78 is 32.8. The molecule has 0 atom stereocenters. The molecule has 2 rings (SSSR count). The molecule has 19 heavy (non-hydrogen) atoms. The molecule has 0 aliphatic rings. The summed E-state index contributed by atoms with van der Waals surface area (Å²) in [4.78, 5) is 0. The van der Waals surface area contributed by atoms with Crippen molar-refractivity contribution in [2.45, 2.75) is 12.3 Å². The van der Waals surface area contributed by atoms with Crippen LogP contribution < -0.4 is 4.74 Å². The molecule has 0 aliphatic carbocycles. The zero-order valence-corrected chi connectivity index (χ0v) is 13.2. The van der Waals surface area contributed by atoms with Crippen LogP contribution in [0.2, 0.25) is 0 Å². The third-order valence-electron chi connectivity index (χ3n) is 2.54. The van der Waals surface area contributed by atoms with Gasteiger partial charge in [0.05, 0.1) is 0 Å². The summed E-state index contributed by atoms with van der Waals surface area (Å²) in [7, 11) is 0. The van der Waals surface area contributed by atoms with E-state index in [2.05, 4.69) is 31.9 Å². The molecule has 0 heterocycles. The molecule has 0 fully saturated rings. The summed E-state index contributed by atoms with van der Waals surface area (Å²) >= 11 is 6.46. The van der Waals surface area contributed by atoms with Crippen molar-refractivity contribution in [3.63, 3.8) is 0 Å². The number of halogens is 4. The molecule has 0 aromatic heterocycles. The normalized spacial score (nSPS) is 10.6. The van der Waals surface area contributed by atoms with Gasteiger partial charge in [0.1, 0.15) is 5.75 Å². The summed E-state index contributed by atoms with van der Waals surface area (Å²) in [6, 6.07) is 7.98. The van der Waals surface area contributed by atoms with Gasteiger partial charge in [-0.3, -0.25) is 0 Å². The van der Waals surface area contributed by atoms with Crippen molar-refractivity contribution >= 4 is 31.9 Å². The van der Waals surface area contributed by atoms with Crippen molar-refractivity contribution in [2.24, 2.45) is 0 Å². The maximum absolute atomic E-state index is 13.6. The predicted octanol–water partition coefficient (Wildman–Crippen LogP) is 5.72. The Kier molecular flexibility index (Phi) is 4.58. The van der Waals surface area contributed by atoms with Crippen LogP contribution in [0.15, 0.2) is 34.8 Å². The quantitative estimate of drug-likeness (QED) is 0.480. The van der Waals surface area contributed by atoms with Crippen molar-refractivity contribution in [3.05, 3.63) is 57.6 Å². The van der Waals surface area contributed by atoms with Gasteiger partial charge in [0.25, 0.3) is 0 Å². The highest BCUT2D eigenvalue weighted by molar-refractivity contribution is 9.10. The first kappa shape index (κ1) is 14.5. The molecule has 0 amide bonds. The Morgan fingerprint density at radius 2 is 1.84 bits per heavy atom. The van der Waals surface area contributed by atoms with Crippen LogP contribution in [0.25, 0.3) is 0 Å². The number of hydrogen-bond donors (Lipinski definition) is 0. The standard InChI is InChI=1S/C14H10Br2F2O/c1-8-2-3-12(9(4-8)7-15)19-13-6-10(16)5-11(17)14(13)18/h2-6H,7H2,1H3. The fourth-order valence-electron chi connectivity index (χ4n) is 1.64. The molecule has 0 N–H and O–H groups in total. The molecule has 0 bridgehead atoms. The molecule has 0 radical (unpaired) electrons. The number of alkyl halides is 1. The first-order chi connectivity index (χ1) is 9.01. The second-order valence-corrected chi connectivity index (χ2v) is 5.52. The highest BCUT2D eigenvalue weighted by atomic mass is 79.9. The Balaban J connectivity index is 2.41. The molecule has 5 heteroatoms. The Hall–Kier alpha value is -0.940. The maximum Gasteiger partial charge on any atom is 0.201 e. The zero-order valence-electron chi connectivity index (χ0n) is 10.0. The summed E-state index contributed by atoms with van der Waals surface area (Å²) in [5.74, 6) is -1.59. The Morgan fingerprint density at radius 3 is 2.53 bits per heavy atom. The molecule has 0 aliphatic heterocycles. The summed E-state index contributed by atoms with van der Waals surface area (Å²) in [5, 5.41) is 0.572. The van der Waals surface area contributed by atoms with Crippen LogP contribution in [0.4, 0.5) is 8.78 Å². The molecule has 0 unspecified atom stereocenters. The van der Waals surface area contributed by atoms with E-state index in [1.807, 2.05) is 19.1 Å². The average Bonchev–Trinajstić information content (AvgIpc) is 2.37. The third-order valence-corrected chi connectivity index (χ3v) is 3.60. The van der Waals surface area contributed by atoms with E-state index in [-0.39, 0.29) is 5.75 Å². The van der Waals surface area contributed by atoms with Gasteiger partial charge in [-0.1, -0.05) is 49.6 Å². The molecule has 2 aromatic rings. The van der Waals surface area contributed by atoms with Gasteiger partial charge in [-0.25, -0.2) is 4.39 Å². The van der Waals surface area contributed by atoms with Gasteiger partial charge in [0.15, 0.2) is 11.6 Å². The van der Waals surface area contributed by atoms with Crippen molar-refractivity contribution in [1.82, 2.24) is 0 Å². The second-order valence-electron chi connectivity index (χ2n) is 4.05. The lowest BCUT2D eigenvalue weighted by molar-refractivity contribution is 0.413. The average molecular weight is 392 g/mol. The van der Waals surface area contributed by atoms with Crippen LogP contribution in [0.5, 0.6) is 11.5 Å². The third kappa shape index (κ3) is 3.34. The monoisotopic (exact) mass is 390 g/mol. The van der Waals surface area contributed by atoms with E-state index in [9.17, 15) is 8.78 Å². The van der Waals surface area contributed by atoms with Gasteiger partial charge in [-0.15, -0.1) is 0 Å². The van der Waals surface area contributed by atoms with Gasteiger partial charge < -0.3 is 4.74 Å². The smallest absolute Gasteiger partial charge is 0.201 e. The van der Waals surface area contributed by atoms with Crippen LogP contribution in [-0.4, -0.2) is 0 Å². The summed E-state index contributed by atoms with van der Waals surface area (Å²) in [6.45, 7) is 1.95. The molecule has 0 saturated heterocycles. The Bertz CT molecular complexity index is 615. The van der Waals surface area contributed by atoms with E-state index in [0.717, 1.165) is 17.2 Å². The number of ether oxygens (including phenoxy) is 1. The molecule has 2 aromatic carbocycles. The SMILES string of the molecule is Cc1ccc(Oc2cc(Br)cc(F)c2F)c(CBr)c1. The lowest BCUT2D eigenvalue weighted by Crippen LogP contribution is -1.95. The van der Waals surface area contributed by atoms with Crippen LogP contribution in [0.1, 0.15) is 11.1 Å². The molecule has 0 saturated carbocycles. The molecular weight excluding hydrogens is 382 g/mol. The second kappa shape index (κ2) is 6.01. The fraction of sp³-hybridized carbons (Fsp3) is 0.143.